The third-order valence-corrected chi connectivity index (χ3v) is 5.19. The number of para-hydroxylation sites is 2. The molecule has 154 valence electrons. The van der Waals surface area contributed by atoms with Gasteiger partial charge in [-0.05, 0) is 51.7 Å². The van der Waals surface area contributed by atoms with Crippen molar-refractivity contribution >= 4 is 34.1 Å². The predicted molar refractivity (Wildman–Crippen MR) is 117 cm³/mol. The lowest BCUT2D eigenvalue weighted by Crippen LogP contribution is -2.29. The zero-order valence-corrected chi connectivity index (χ0v) is 17.1. The van der Waals surface area contributed by atoms with E-state index in [2.05, 4.69) is 15.2 Å². The van der Waals surface area contributed by atoms with Crippen molar-refractivity contribution in [3.8, 4) is 5.88 Å². The van der Waals surface area contributed by atoms with Crippen LogP contribution in [-0.4, -0.2) is 59.3 Å². The summed E-state index contributed by atoms with van der Waals surface area (Å²) in [7, 11) is 4.02. The van der Waals surface area contributed by atoms with Gasteiger partial charge >= 0.3 is 6.03 Å². The van der Waals surface area contributed by atoms with Crippen LogP contribution < -0.4 is 5.32 Å². The normalized spacial score (nSPS) is 13.0. The molecule has 4 rings (SSSR count). The van der Waals surface area contributed by atoms with E-state index in [0.29, 0.717) is 28.7 Å². The largest absolute Gasteiger partial charge is 0.494 e. The molecule has 0 saturated carbocycles. The lowest BCUT2D eigenvalue weighted by molar-refractivity contribution is 0.107. The van der Waals surface area contributed by atoms with Gasteiger partial charge in [-0.15, -0.1) is 0 Å². The van der Waals surface area contributed by atoms with Gasteiger partial charge < -0.3 is 15.3 Å². The van der Waals surface area contributed by atoms with Crippen molar-refractivity contribution in [3.05, 3.63) is 59.7 Å². The van der Waals surface area contributed by atoms with Crippen LogP contribution in [0.25, 0.3) is 10.9 Å². The van der Waals surface area contributed by atoms with E-state index in [4.69, 9.17) is 0 Å². The molecule has 1 aromatic heterocycles. The van der Waals surface area contributed by atoms with Crippen LogP contribution in [0.15, 0.2) is 53.5 Å². The Morgan fingerprint density at radius 2 is 1.83 bits per heavy atom. The minimum atomic E-state index is -0.427. The Morgan fingerprint density at radius 3 is 2.60 bits per heavy atom. The average molecular weight is 404 g/mol. The Balaban J connectivity index is 1.66. The van der Waals surface area contributed by atoms with Crippen molar-refractivity contribution in [1.82, 2.24) is 14.8 Å². The van der Waals surface area contributed by atoms with Gasteiger partial charge in [-0.25, -0.2) is 14.4 Å². The summed E-state index contributed by atoms with van der Waals surface area (Å²) in [5.41, 5.74) is 2.03. The van der Waals surface area contributed by atoms with Crippen LogP contribution in [0.4, 0.5) is 10.5 Å². The lowest BCUT2D eigenvalue weighted by Gasteiger charge is -2.10. The molecule has 7 heteroatoms. The number of fused-ring (bicyclic) bond motifs is 2. The van der Waals surface area contributed by atoms with Crippen molar-refractivity contribution in [3.63, 3.8) is 0 Å². The van der Waals surface area contributed by atoms with E-state index in [1.165, 1.54) is 4.57 Å². The third kappa shape index (κ3) is 3.48. The fourth-order valence-corrected chi connectivity index (χ4v) is 3.72. The standard InChI is InChI=1S/C23H24N4O3/c1-26(2)14-8-7-13-24-23(30)27-18-12-6-4-10-16(18)19(22(27)29)20-21(28)15-9-3-5-11-17(15)25-20/h3-6,9-12,29H,7-8,13-14H2,1-2H3,(H,24,30). The fourth-order valence-electron chi connectivity index (χ4n) is 3.72. The summed E-state index contributed by atoms with van der Waals surface area (Å²) in [5, 5.41) is 14.4. The average Bonchev–Trinajstić information content (AvgIpc) is 3.21. The van der Waals surface area contributed by atoms with E-state index in [-0.39, 0.29) is 22.9 Å². The molecule has 0 unspecified atom stereocenters. The van der Waals surface area contributed by atoms with Crippen molar-refractivity contribution in [2.45, 2.75) is 12.8 Å². The van der Waals surface area contributed by atoms with Gasteiger partial charge in [0.2, 0.25) is 11.7 Å². The molecule has 2 N–H and O–H groups in total. The molecule has 0 aliphatic carbocycles. The SMILES string of the molecule is CN(C)CCCCNC(=O)n1c(O)c(C2=Nc3ccccc3C2=O)c2ccccc21. The topological polar surface area (TPSA) is 86.9 Å². The van der Waals surface area contributed by atoms with Gasteiger partial charge in [0.15, 0.2) is 0 Å². The van der Waals surface area contributed by atoms with E-state index in [0.717, 1.165) is 19.4 Å². The number of aromatic nitrogens is 1. The van der Waals surface area contributed by atoms with Crippen LogP contribution in [0.3, 0.4) is 0 Å². The maximum Gasteiger partial charge on any atom is 0.328 e. The van der Waals surface area contributed by atoms with Gasteiger partial charge in [0.25, 0.3) is 0 Å². The highest BCUT2D eigenvalue weighted by Crippen LogP contribution is 2.37. The number of benzene rings is 2. The van der Waals surface area contributed by atoms with E-state index >= 15 is 0 Å². The highest BCUT2D eigenvalue weighted by molar-refractivity contribution is 6.56. The number of nitrogens with one attached hydrogen (secondary N) is 1. The number of nitrogens with zero attached hydrogens (tertiary/aromatic N) is 3. The molecule has 0 radical (unpaired) electrons. The molecule has 0 fully saturated rings. The number of unbranched alkanes of at least 4 members (excludes halogenated alkanes) is 1. The van der Waals surface area contributed by atoms with Crippen molar-refractivity contribution in [1.29, 1.82) is 0 Å². The summed E-state index contributed by atoms with van der Waals surface area (Å²) < 4.78 is 1.22. The van der Waals surface area contributed by atoms with Crippen molar-refractivity contribution < 1.29 is 14.7 Å². The molecule has 30 heavy (non-hydrogen) atoms. The molecule has 2 heterocycles. The summed E-state index contributed by atoms with van der Waals surface area (Å²) in [5.74, 6) is -0.533. The second kappa shape index (κ2) is 8.12. The summed E-state index contributed by atoms with van der Waals surface area (Å²) in [6, 6.07) is 13.8. The first kappa shape index (κ1) is 19.8. The molecule has 0 spiro atoms. The monoisotopic (exact) mass is 404 g/mol. The number of aromatic hydroxyl groups is 1. The number of carbonyl (C=O) groups is 2. The van der Waals surface area contributed by atoms with Crippen LogP contribution in [0.1, 0.15) is 28.8 Å². The molecule has 0 atom stereocenters. The van der Waals surface area contributed by atoms with Crippen LogP contribution in [0.2, 0.25) is 0 Å². The Labute approximate surface area is 174 Å². The van der Waals surface area contributed by atoms with E-state index in [1.807, 2.05) is 26.2 Å². The molecule has 0 bridgehead atoms. The number of aliphatic imine (C=N–C) groups is 1. The van der Waals surface area contributed by atoms with Crippen LogP contribution in [0.5, 0.6) is 5.88 Å². The van der Waals surface area contributed by atoms with Gasteiger partial charge in [0, 0.05) is 17.5 Å². The molecule has 7 nitrogen and oxygen atoms in total. The molecule has 2 aromatic carbocycles. The first-order valence-corrected chi connectivity index (χ1v) is 9.97. The highest BCUT2D eigenvalue weighted by Gasteiger charge is 2.32. The Hall–Kier alpha value is -3.45. The smallest absolute Gasteiger partial charge is 0.328 e. The van der Waals surface area contributed by atoms with Gasteiger partial charge in [-0.3, -0.25) is 4.79 Å². The first-order chi connectivity index (χ1) is 14.5. The molecule has 3 aromatic rings. The predicted octanol–water partition coefficient (Wildman–Crippen LogP) is 3.56. The van der Waals surface area contributed by atoms with E-state index in [1.54, 1.807) is 36.4 Å². The van der Waals surface area contributed by atoms with Gasteiger partial charge in [0.1, 0.15) is 5.71 Å². The Kier molecular flexibility index (Phi) is 5.37. The number of Topliss-reactive ketones (excluding diaryl/α,β-unsaturated/α-hetero) is 1. The van der Waals surface area contributed by atoms with Gasteiger partial charge in [0.05, 0.1) is 16.8 Å². The second-order valence-electron chi connectivity index (χ2n) is 7.60. The molecule has 1 aliphatic rings. The highest BCUT2D eigenvalue weighted by atomic mass is 16.3. The third-order valence-electron chi connectivity index (χ3n) is 5.19. The number of amides is 1. The summed E-state index contributed by atoms with van der Waals surface area (Å²) in [6.45, 7) is 1.44. The zero-order chi connectivity index (χ0) is 21.3. The Bertz CT molecular complexity index is 1160. The molecular formula is C23H24N4O3. The lowest BCUT2D eigenvalue weighted by atomic mass is 10.0. The molecule has 0 saturated heterocycles. The maximum atomic E-state index is 12.9. The fraction of sp³-hybridized carbons (Fsp3) is 0.261. The van der Waals surface area contributed by atoms with E-state index in [9.17, 15) is 14.7 Å². The number of rotatable bonds is 6. The second-order valence-corrected chi connectivity index (χ2v) is 7.60. The summed E-state index contributed by atoms with van der Waals surface area (Å²) >= 11 is 0. The summed E-state index contributed by atoms with van der Waals surface area (Å²) in [6.07, 6.45) is 1.79. The van der Waals surface area contributed by atoms with Crippen LogP contribution >= 0.6 is 0 Å². The number of ketones is 1. The molecule has 1 aliphatic heterocycles. The molecule has 1 amide bonds. The van der Waals surface area contributed by atoms with Gasteiger partial charge in [-0.1, -0.05) is 30.3 Å². The number of hydrogen-bond donors (Lipinski definition) is 2. The minimum absolute atomic E-state index is 0.155. The molecular weight excluding hydrogens is 380 g/mol. The van der Waals surface area contributed by atoms with E-state index < -0.39 is 6.03 Å². The quantitative estimate of drug-likeness (QED) is 0.615. The first-order valence-electron chi connectivity index (χ1n) is 9.97. The Morgan fingerprint density at radius 1 is 1.10 bits per heavy atom. The number of hydrogen-bond acceptors (Lipinski definition) is 5. The van der Waals surface area contributed by atoms with Crippen LogP contribution in [0, 0.1) is 0 Å². The minimum Gasteiger partial charge on any atom is -0.494 e. The van der Waals surface area contributed by atoms with Crippen molar-refractivity contribution in [2.75, 3.05) is 27.2 Å². The van der Waals surface area contributed by atoms with Crippen LogP contribution in [-0.2, 0) is 0 Å². The summed E-state index contributed by atoms with van der Waals surface area (Å²) in [4.78, 5) is 32.3. The number of carbonyl (C=O) groups excluding carboxylic acids is 2. The van der Waals surface area contributed by atoms with Crippen molar-refractivity contribution in [2.24, 2.45) is 4.99 Å². The zero-order valence-electron chi connectivity index (χ0n) is 17.1. The van der Waals surface area contributed by atoms with Gasteiger partial charge in [-0.2, -0.15) is 0 Å². The maximum absolute atomic E-state index is 12.9.